The first kappa shape index (κ1) is 22.1. The summed E-state index contributed by atoms with van der Waals surface area (Å²) >= 11 is 5.93. The normalized spacial score (nSPS) is 10.7. The van der Waals surface area contributed by atoms with Crippen LogP contribution in [-0.4, -0.2) is 25.2 Å². The summed E-state index contributed by atoms with van der Waals surface area (Å²) in [6, 6.07) is 17.1. The van der Waals surface area contributed by atoms with Gasteiger partial charge in [-0.1, -0.05) is 35.9 Å². The molecule has 0 saturated carbocycles. The van der Waals surface area contributed by atoms with Crippen molar-refractivity contribution < 1.29 is 9.18 Å². The lowest BCUT2D eigenvalue weighted by Crippen LogP contribution is -2.46. The number of benzene rings is 2. The highest BCUT2D eigenvalue weighted by atomic mass is 35.5. The van der Waals surface area contributed by atoms with E-state index in [2.05, 4.69) is 15.4 Å². The molecule has 33 heavy (non-hydrogen) atoms. The van der Waals surface area contributed by atoms with Gasteiger partial charge in [0.15, 0.2) is 0 Å². The minimum absolute atomic E-state index is 0.0498. The number of nitrogens with zero attached hydrogens (tertiary/aromatic N) is 4. The number of carbonyl (C=O) groups is 1. The Labute approximate surface area is 191 Å². The summed E-state index contributed by atoms with van der Waals surface area (Å²) < 4.78 is 15.9. The minimum atomic E-state index is -0.938. The van der Waals surface area contributed by atoms with Gasteiger partial charge in [-0.2, -0.15) is 9.78 Å². The van der Waals surface area contributed by atoms with Crippen molar-refractivity contribution in [3.05, 3.63) is 122 Å². The van der Waals surface area contributed by atoms with Crippen LogP contribution in [-0.2, 0) is 13.1 Å². The lowest BCUT2D eigenvalue weighted by Gasteiger charge is -2.13. The molecule has 0 aliphatic heterocycles. The molecule has 2 aromatic heterocycles. The van der Waals surface area contributed by atoms with Gasteiger partial charge >= 0.3 is 5.69 Å². The van der Waals surface area contributed by atoms with E-state index in [-0.39, 0.29) is 24.3 Å². The van der Waals surface area contributed by atoms with E-state index in [0.717, 1.165) is 9.25 Å². The highest BCUT2D eigenvalue weighted by molar-refractivity contribution is 6.30. The van der Waals surface area contributed by atoms with Gasteiger partial charge in [0, 0.05) is 16.8 Å². The number of amides is 1. The average Bonchev–Trinajstić information content (AvgIpc) is 2.83. The van der Waals surface area contributed by atoms with Crippen LogP contribution >= 0.6 is 11.6 Å². The summed E-state index contributed by atoms with van der Waals surface area (Å²) in [5.74, 6) is -1.38. The van der Waals surface area contributed by atoms with E-state index in [9.17, 15) is 18.8 Å². The molecule has 2 heterocycles. The number of nitrogens with one attached hydrogen (secondary N) is 1. The molecule has 0 spiro atoms. The maximum atomic E-state index is 14.2. The second kappa shape index (κ2) is 9.58. The van der Waals surface area contributed by atoms with Crippen LogP contribution in [0.2, 0.25) is 5.02 Å². The van der Waals surface area contributed by atoms with Crippen molar-refractivity contribution in [2.75, 3.05) is 0 Å². The number of pyridine rings is 1. The van der Waals surface area contributed by atoms with Gasteiger partial charge < -0.3 is 5.32 Å². The number of rotatable bonds is 6. The van der Waals surface area contributed by atoms with Gasteiger partial charge in [-0.25, -0.2) is 9.18 Å². The molecule has 0 aliphatic rings. The molecule has 10 heteroatoms. The molecule has 4 aromatic rings. The van der Waals surface area contributed by atoms with Gasteiger partial charge in [0.05, 0.1) is 24.5 Å². The highest BCUT2D eigenvalue weighted by Crippen LogP contribution is 2.12. The monoisotopic (exact) mass is 465 g/mol. The van der Waals surface area contributed by atoms with Gasteiger partial charge in [0.2, 0.25) is 5.69 Å². The van der Waals surface area contributed by atoms with Crippen LogP contribution in [0.1, 0.15) is 21.7 Å². The van der Waals surface area contributed by atoms with Crippen LogP contribution in [0.25, 0.3) is 5.69 Å². The third-order valence-electron chi connectivity index (χ3n) is 4.79. The van der Waals surface area contributed by atoms with E-state index in [1.165, 1.54) is 42.5 Å². The third kappa shape index (κ3) is 4.88. The summed E-state index contributed by atoms with van der Waals surface area (Å²) in [6.45, 7) is -0.324. The highest BCUT2D eigenvalue weighted by Gasteiger charge is 2.21. The maximum absolute atomic E-state index is 14.2. The van der Waals surface area contributed by atoms with Gasteiger partial charge in [0.25, 0.3) is 11.5 Å². The molecular formula is C23H17ClFN5O3. The zero-order valence-electron chi connectivity index (χ0n) is 17.1. The van der Waals surface area contributed by atoms with Gasteiger partial charge in [0.1, 0.15) is 5.82 Å². The molecule has 0 radical (unpaired) electrons. The van der Waals surface area contributed by atoms with E-state index in [1.54, 1.807) is 30.5 Å². The van der Waals surface area contributed by atoms with Crippen LogP contribution in [0.3, 0.4) is 0 Å². The predicted molar refractivity (Wildman–Crippen MR) is 120 cm³/mol. The lowest BCUT2D eigenvalue weighted by atomic mass is 10.2. The van der Waals surface area contributed by atoms with E-state index in [4.69, 9.17) is 11.6 Å². The molecule has 0 saturated heterocycles. The average molecular weight is 466 g/mol. The number of halogens is 2. The molecule has 0 atom stereocenters. The van der Waals surface area contributed by atoms with Gasteiger partial charge in [-0.3, -0.25) is 19.1 Å². The molecule has 4 rings (SSSR count). The first-order valence-electron chi connectivity index (χ1n) is 9.85. The Morgan fingerprint density at radius 3 is 2.42 bits per heavy atom. The summed E-state index contributed by atoms with van der Waals surface area (Å²) in [5, 5.41) is 7.02. The fourth-order valence-corrected chi connectivity index (χ4v) is 3.23. The number of carbonyl (C=O) groups excluding carboxylic acids is 1. The molecular weight excluding hydrogens is 449 g/mol. The Morgan fingerprint density at radius 1 is 1.00 bits per heavy atom. The van der Waals surface area contributed by atoms with Crippen molar-refractivity contribution in [3.63, 3.8) is 0 Å². The number of hydrogen-bond donors (Lipinski definition) is 1. The number of aromatic nitrogens is 4. The first-order valence-corrected chi connectivity index (χ1v) is 10.2. The molecule has 0 bridgehead atoms. The van der Waals surface area contributed by atoms with Gasteiger partial charge in [-0.15, -0.1) is 0 Å². The smallest absolute Gasteiger partial charge is 0.345 e. The minimum Gasteiger partial charge on any atom is -0.345 e. The molecule has 0 aliphatic carbocycles. The quantitative estimate of drug-likeness (QED) is 0.472. The fraction of sp³-hybridized carbons (Fsp3) is 0.0870. The first-order chi connectivity index (χ1) is 15.9. The molecule has 166 valence electrons. The topological polar surface area (TPSA) is 98.9 Å². The van der Waals surface area contributed by atoms with Crippen LogP contribution in [0.5, 0.6) is 0 Å². The summed E-state index contributed by atoms with van der Waals surface area (Å²) in [6.07, 6.45) is 1.57. The van der Waals surface area contributed by atoms with Crippen molar-refractivity contribution in [2.24, 2.45) is 0 Å². The third-order valence-corrected chi connectivity index (χ3v) is 5.04. The van der Waals surface area contributed by atoms with Crippen molar-refractivity contribution in [1.82, 2.24) is 24.6 Å². The Morgan fingerprint density at radius 2 is 1.73 bits per heavy atom. The van der Waals surface area contributed by atoms with Crippen molar-refractivity contribution >= 4 is 17.5 Å². The summed E-state index contributed by atoms with van der Waals surface area (Å²) in [7, 11) is 0. The molecule has 0 unspecified atom stereocenters. The van der Waals surface area contributed by atoms with E-state index in [1.807, 2.05) is 0 Å². The largest absolute Gasteiger partial charge is 0.352 e. The van der Waals surface area contributed by atoms with Gasteiger partial charge in [-0.05, 0) is 42.5 Å². The second-order valence-electron chi connectivity index (χ2n) is 7.01. The van der Waals surface area contributed by atoms with Crippen LogP contribution in [0.15, 0.2) is 82.5 Å². The van der Waals surface area contributed by atoms with Crippen molar-refractivity contribution in [3.8, 4) is 5.69 Å². The maximum Gasteiger partial charge on any atom is 0.352 e. The Kier molecular flexibility index (Phi) is 6.41. The molecule has 1 N–H and O–H groups in total. The predicted octanol–water partition coefficient (Wildman–Crippen LogP) is 2.56. The standard InChI is InChI=1S/C23H17ClFN5O3/c24-16-8-10-18(11-9-16)30-23(33)29(14-15-5-1-2-7-19(15)25)22(32)20(28-30)21(31)27-13-17-6-3-4-12-26-17/h1-12H,13-14H2,(H,27,31). The second-order valence-corrected chi connectivity index (χ2v) is 7.44. The summed E-state index contributed by atoms with van der Waals surface area (Å²) in [5.41, 5.74) is -1.31. The molecule has 2 aromatic carbocycles. The lowest BCUT2D eigenvalue weighted by molar-refractivity contribution is 0.0940. The zero-order chi connectivity index (χ0) is 23.4. The van der Waals surface area contributed by atoms with E-state index >= 15 is 0 Å². The Balaban J connectivity index is 1.79. The molecule has 1 amide bonds. The van der Waals surface area contributed by atoms with E-state index < -0.39 is 28.7 Å². The Hall–Kier alpha value is -4.11. The molecule has 8 nitrogen and oxygen atoms in total. The fourth-order valence-electron chi connectivity index (χ4n) is 3.10. The summed E-state index contributed by atoms with van der Waals surface area (Å²) in [4.78, 5) is 43.1. The van der Waals surface area contributed by atoms with E-state index in [0.29, 0.717) is 10.7 Å². The van der Waals surface area contributed by atoms with Crippen LogP contribution < -0.4 is 16.6 Å². The zero-order valence-corrected chi connectivity index (χ0v) is 17.9. The Bertz CT molecular complexity index is 1420. The number of hydrogen-bond acceptors (Lipinski definition) is 5. The van der Waals surface area contributed by atoms with Crippen LogP contribution in [0, 0.1) is 5.82 Å². The van der Waals surface area contributed by atoms with Crippen molar-refractivity contribution in [2.45, 2.75) is 13.1 Å². The van der Waals surface area contributed by atoms with Crippen LogP contribution in [0.4, 0.5) is 4.39 Å². The molecule has 0 fully saturated rings. The SMILES string of the molecule is O=C(NCc1ccccn1)c1nn(-c2ccc(Cl)cc2)c(=O)n(Cc2ccccc2F)c1=O. The van der Waals surface area contributed by atoms with Crippen molar-refractivity contribution in [1.29, 1.82) is 0 Å².